The van der Waals surface area contributed by atoms with E-state index in [2.05, 4.69) is 14.9 Å². The molecule has 1 aromatic heterocycles. The SMILES string of the molecule is CCc1nnc(NS(=O)(=O)c2cc(C)c(C)cc2N)s1. The van der Waals surface area contributed by atoms with Crippen LogP contribution < -0.4 is 10.5 Å². The number of hydrogen-bond donors (Lipinski definition) is 2. The molecule has 1 heterocycles. The van der Waals surface area contributed by atoms with Crippen molar-refractivity contribution in [1.29, 1.82) is 0 Å². The summed E-state index contributed by atoms with van der Waals surface area (Å²) in [5, 5.41) is 8.71. The quantitative estimate of drug-likeness (QED) is 0.842. The van der Waals surface area contributed by atoms with Crippen LogP contribution in [0.1, 0.15) is 23.1 Å². The van der Waals surface area contributed by atoms with Crippen LogP contribution in [0.25, 0.3) is 0 Å². The molecule has 0 aliphatic rings. The van der Waals surface area contributed by atoms with Crippen molar-refractivity contribution in [2.45, 2.75) is 32.1 Å². The third-order valence-corrected chi connectivity index (χ3v) is 5.41. The molecule has 1 aromatic carbocycles. The molecule has 20 heavy (non-hydrogen) atoms. The summed E-state index contributed by atoms with van der Waals surface area (Å²) < 4.78 is 27.1. The van der Waals surface area contributed by atoms with Gasteiger partial charge in [-0.15, -0.1) is 10.2 Å². The topological polar surface area (TPSA) is 98.0 Å². The highest BCUT2D eigenvalue weighted by atomic mass is 32.2. The lowest BCUT2D eigenvalue weighted by molar-refractivity contribution is 0.601. The highest BCUT2D eigenvalue weighted by Crippen LogP contribution is 2.26. The van der Waals surface area contributed by atoms with E-state index in [0.29, 0.717) is 6.42 Å². The van der Waals surface area contributed by atoms with E-state index in [-0.39, 0.29) is 15.7 Å². The zero-order chi connectivity index (χ0) is 14.9. The molecule has 0 bridgehead atoms. The molecule has 0 saturated heterocycles. The van der Waals surface area contributed by atoms with Crippen molar-refractivity contribution in [2.24, 2.45) is 0 Å². The second-order valence-corrected chi connectivity index (χ2v) is 7.15. The second kappa shape index (κ2) is 5.37. The number of anilines is 2. The van der Waals surface area contributed by atoms with Crippen molar-refractivity contribution in [3.63, 3.8) is 0 Å². The highest BCUT2D eigenvalue weighted by molar-refractivity contribution is 7.93. The molecule has 0 unspecified atom stereocenters. The lowest BCUT2D eigenvalue weighted by Crippen LogP contribution is -2.15. The first kappa shape index (κ1) is 14.7. The van der Waals surface area contributed by atoms with E-state index >= 15 is 0 Å². The Kier molecular flexibility index (Phi) is 3.96. The van der Waals surface area contributed by atoms with E-state index in [1.165, 1.54) is 11.3 Å². The molecular weight excluding hydrogens is 296 g/mol. The van der Waals surface area contributed by atoms with Crippen LogP contribution >= 0.6 is 11.3 Å². The molecule has 2 aromatic rings. The van der Waals surface area contributed by atoms with Crippen LogP contribution in [-0.2, 0) is 16.4 Å². The van der Waals surface area contributed by atoms with Gasteiger partial charge in [0, 0.05) is 0 Å². The molecule has 0 amide bonds. The molecule has 0 aliphatic heterocycles. The van der Waals surface area contributed by atoms with Crippen LogP contribution in [0.2, 0.25) is 0 Å². The molecule has 0 atom stereocenters. The second-order valence-electron chi connectivity index (χ2n) is 4.43. The van der Waals surface area contributed by atoms with Gasteiger partial charge in [0.2, 0.25) is 5.13 Å². The molecule has 6 nitrogen and oxygen atoms in total. The van der Waals surface area contributed by atoms with Crippen LogP contribution in [0.5, 0.6) is 0 Å². The summed E-state index contributed by atoms with van der Waals surface area (Å²) in [6, 6.07) is 3.22. The number of benzene rings is 1. The van der Waals surface area contributed by atoms with Gasteiger partial charge in [-0.3, -0.25) is 4.72 Å². The number of nitrogens with two attached hydrogens (primary N) is 1. The van der Waals surface area contributed by atoms with Crippen LogP contribution in [0.4, 0.5) is 10.8 Å². The van der Waals surface area contributed by atoms with Gasteiger partial charge in [-0.2, -0.15) is 0 Å². The maximum absolute atomic E-state index is 12.3. The zero-order valence-corrected chi connectivity index (χ0v) is 13.1. The largest absolute Gasteiger partial charge is 0.398 e. The van der Waals surface area contributed by atoms with Crippen LogP contribution in [0.3, 0.4) is 0 Å². The van der Waals surface area contributed by atoms with Crippen LogP contribution in [-0.4, -0.2) is 18.6 Å². The van der Waals surface area contributed by atoms with E-state index in [1.807, 2.05) is 20.8 Å². The summed E-state index contributed by atoms with van der Waals surface area (Å²) in [7, 11) is -3.75. The Hall–Kier alpha value is -1.67. The van der Waals surface area contributed by atoms with E-state index < -0.39 is 10.0 Å². The molecule has 0 spiro atoms. The fourth-order valence-corrected chi connectivity index (χ4v) is 3.76. The van der Waals surface area contributed by atoms with E-state index in [1.54, 1.807) is 12.1 Å². The molecule has 108 valence electrons. The lowest BCUT2D eigenvalue weighted by atomic mass is 10.1. The van der Waals surface area contributed by atoms with Gasteiger partial charge in [0.15, 0.2) is 0 Å². The van der Waals surface area contributed by atoms with E-state index in [9.17, 15) is 8.42 Å². The highest BCUT2D eigenvalue weighted by Gasteiger charge is 2.20. The third-order valence-electron chi connectivity index (χ3n) is 2.91. The summed E-state index contributed by atoms with van der Waals surface area (Å²) in [4.78, 5) is 0.0637. The van der Waals surface area contributed by atoms with E-state index in [0.717, 1.165) is 16.1 Å². The van der Waals surface area contributed by atoms with Gasteiger partial charge in [0.1, 0.15) is 9.90 Å². The average molecular weight is 312 g/mol. The molecule has 0 radical (unpaired) electrons. The fraction of sp³-hybridized carbons (Fsp3) is 0.333. The van der Waals surface area contributed by atoms with Gasteiger partial charge in [0.05, 0.1) is 5.69 Å². The van der Waals surface area contributed by atoms with E-state index in [4.69, 9.17) is 5.73 Å². The monoisotopic (exact) mass is 312 g/mol. The van der Waals surface area contributed by atoms with Crippen molar-refractivity contribution < 1.29 is 8.42 Å². The number of aryl methyl sites for hydroxylation is 3. The Balaban J connectivity index is 2.37. The first-order valence-electron chi connectivity index (χ1n) is 6.05. The normalized spacial score (nSPS) is 11.6. The van der Waals surface area contributed by atoms with Crippen LogP contribution in [0.15, 0.2) is 17.0 Å². The Morgan fingerprint density at radius 3 is 2.50 bits per heavy atom. The van der Waals surface area contributed by atoms with Crippen molar-refractivity contribution in [3.8, 4) is 0 Å². The summed E-state index contributed by atoms with van der Waals surface area (Å²) in [5.74, 6) is 0. The zero-order valence-electron chi connectivity index (χ0n) is 11.5. The molecule has 3 N–H and O–H groups in total. The Labute approximate surface area is 122 Å². The van der Waals surface area contributed by atoms with Crippen molar-refractivity contribution in [1.82, 2.24) is 10.2 Å². The Bertz CT molecular complexity index is 738. The molecule has 0 fully saturated rings. The van der Waals surface area contributed by atoms with Gasteiger partial charge in [-0.25, -0.2) is 8.42 Å². The van der Waals surface area contributed by atoms with Gasteiger partial charge in [-0.1, -0.05) is 18.3 Å². The number of nitrogens with one attached hydrogen (secondary N) is 1. The summed E-state index contributed by atoms with van der Waals surface area (Å²) in [6.07, 6.45) is 0.713. The summed E-state index contributed by atoms with van der Waals surface area (Å²) >= 11 is 1.21. The molecular formula is C12H16N4O2S2. The van der Waals surface area contributed by atoms with Crippen molar-refractivity contribution in [2.75, 3.05) is 10.5 Å². The minimum Gasteiger partial charge on any atom is -0.398 e. The Morgan fingerprint density at radius 1 is 1.25 bits per heavy atom. The predicted octanol–water partition coefficient (Wildman–Crippen LogP) is 2.10. The maximum Gasteiger partial charge on any atom is 0.265 e. The third kappa shape index (κ3) is 2.91. The molecule has 8 heteroatoms. The summed E-state index contributed by atoms with van der Waals surface area (Å²) in [5.41, 5.74) is 7.85. The lowest BCUT2D eigenvalue weighted by Gasteiger charge is -2.10. The number of aromatic nitrogens is 2. The standard InChI is InChI=1S/C12H16N4O2S2/c1-4-11-14-15-12(19-11)16-20(17,18)10-6-8(3)7(2)5-9(10)13/h5-6H,4,13H2,1-3H3,(H,15,16). The van der Waals surface area contributed by atoms with Gasteiger partial charge >= 0.3 is 0 Å². The summed E-state index contributed by atoms with van der Waals surface area (Å²) in [6.45, 7) is 5.65. The molecule has 0 aliphatic carbocycles. The molecule has 0 saturated carbocycles. The van der Waals surface area contributed by atoms with Crippen molar-refractivity contribution in [3.05, 3.63) is 28.3 Å². The number of nitrogen functional groups attached to an aromatic ring is 1. The van der Waals surface area contributed by atoms with Crippen LogP contribution in [0, 0.1) is 13.8 Å². The first-order chi connectivity index (χ1) is 9.33. The predicted molar refractivity (Wildman–Crippen MR) is 80.4 cm³/mol. The van der Waals surface area contributed by atoms with Gasteiger partial charge in [-0.05, 0) is 43.5 Å². The number of sulfonamides is 1. The Morgan fingerprint density at radius 2 is 1.90 bits per heavy atom. The average Bonchev–Trinajstić information content (AvgIpc) is 2.80. The smallest absolute Gasteiger partial charge is 0.265 e. The fourth-order valence-electron chi connectivity index (χ4n) is 1.65. The number of rotatable bonds is 4. The van der Waals surface area contributed by atoms with Gasteiger partial charge in [0.25, 0.3) is 10.0 Å². The minimum atomic E-state index is -3.75. The maximum atomic E-state index is 12.3. The first-order valence-corrected chi connectivity index (χ1v) is 8.35. The van der Waals surface area contributed by atoms with Crippen molar-refractivity contribution >= 4 is 32.2 Å². The number of nitrogens with zero attached hydrogens (tertiary/aromatic N) is 2. The van der Waals surface area contributed by atoms with Gasteiger partial charge < -0.3 is 5.73 Å². The molecule has 2 rings (SSSR count). The minimum absolute atomic E-state index is 0.0637. The number of hydrogen-bond acceptors (Lipinski definition) is 6.